The summed E-state index contributed by atoms with van der Waals surface area (Å²) in [6.07, 6.45) is 3.88. The Kier molecular flexibility index (Phi) is 9.86. The van der Waals surface area contributed by atoms with Crippen LogP contribution in [0.3, 0.4) is 0 Å². The summed E-state index contributed by atoms with van der Waals surface area (Å²) in [5.74, 6) is -0.541. The number of hydrogen-bond acceptors (Lipinski definition) is 5. The van der Waals surface area contributed by atoms with Crippen molar-refractivity contribution in [1.82, 2.24) is 19.9 Å². The van der Waals surface area contributed by atoms with Crippen LogP contribution in [0, 0.1) is 0 Å². The van der Waals surface area contributed by atoms with Gasteiger partial charge in [0, 0.05) is 30.2 Å². The van der Waals surface area contributed by atoms with Crippen molar-refractivity contribution in [1.29, 1.82) is 0 Å². The molecule has 5 rings (SSSR count). The molecule has 0 saturated heterocycles. The summed E-state index contributed by atoms with van der Waals surface area (Å²) in [7, 11) is -3.56. The Morgan fingerprint density at radius 1 is 0.884 bits per heavy atom. The lowest BCUT2D eigenvalue weighted by molar-refractivity contribution is -0.141. The lowest BCUT2D eigenvalue weighted by atomic mass is 10.0. The zero-order valence-corrected chi connectivity index (χ0v) is 25.1. The number of hydrogen-bond donors (Lipinski definition) is 2. The van der Waals surface area contributed by atoms with Crippen LogP contribution < -0.4 is 10.0 Å². The first-order valence-corrected chi connectivity index (χ1v) is 16.0. The van der Waals surface area contributed by atoms with Gasteiger partial charge in [-0.25, -0.2) is 13.1 Å². The van der Waals surface area contributed by atoms with Crippen LogP contribution in [0.1, 0.15) is 47.7 Å². The summed E-state index contributed by atoms with van der Waals surface area (Å²) < 4.78 is 27.8. The predicted octanol–water partition coefficient (Wildman–Crippen LogP) is 5.19. The number of carbonyl (C=O) groups is 2. The Morgan fingerprint density at radius 2 is 1.56 bits per heavy atom. The first-order chi connectivity index (χ1) is 20.8. The number of pyridine rings is 1. The second-order valence-electron chi connectivity index (χ2n) is 10.5. The molecule has 0 bridgehead atoms. The predicted molar refractivity (Wildman–Crippen MR) is 165 cm³/mol. The topological polar surface area (TPSA) is 108 Å². The van der Waals surface area contributed by atoms with Crippen LogP contribution in [0.5, 0.6) is 0 Å². The van der Waals surface area contributed by atoms with E-state index in [1.165, 1.54) is 0 Å². The molecule has 0 spiro atoms. The maximum absolute atomic E-state index is 13.9. The molecule has 2 N–H and O–H groups in total. The molecule has 1 saturated carbocycles. The molecule has 10 heteroatoms. The lowest BCUT2D eigenvalue weighted by Gasteiger charge is -2.32. The number of carbonyl (C=O) groups excluding carboxylic acids is 2. The van der Waals surface area contributed by atoms with Gasteiger partial charge in [-0.1, -0.05) is 72.3 Å². The van der Waals surface area contributed by atoms with Crippen molar-refractivity contribution in [3.8, 4) is 0 Å². The zero-order chi connectivity index (χ0) is 30.2. The molecule has 8 nitrogen and oxygen atoms in total. The molecule has 1 atom stereocenters. The van der Waals surface area contributed by atoms with E-state index < -0.39 is 16.1 Å². The van der Waals surface area contributed by atoms with Gasteiger partial charge in [0.25, 0.3) is 0 Å². The summed E-state index contributed by atoms with van der Waals surface area (Å²) in [5.41, 5.74) is 3.03. The molecule has 1 heterocycles. The Labute approximate surface area is 257 Å². The smallest absolute Gasteiger partial charge is 0.247 e. The van der Waals surface area contributed by atoms with E-state index in [1.54, 1.807) is 47.5 Å². The standard InChI is InChI=1S/C33H33ClN4O4S/c34-27-14-9-25(10-15-27)23-38(31(39)20-13-24-11-18-30(19-12-24)43(41,42)37-28-16-17-28)32(26-6-2-1-3-7-26)33(40)36-22-29-8-4-5-21-35-29/h1-12,14-15,18-19,21,28,32,37H,13,16-17,20,22-23H2,(H,36,40). The summed E-state index contributed by atoms with van der Waals surface area (Å²) in [6.45, 7) is 0.410. The quantitative estimate of drug-likeness (QED) is 0.215. The molecule has 222 valence electrons. The number of rotatable bonds is 13. The fourth-order valence-electron chi connectivity index (χ4n) is 4.71. The largest absolute Gasteiger partial charge is 0.348 e. The zero-order valence-electron chi connectivity index (χ0n) is 23.5. The van der Waals surface area contributed by atoms with Gasteiger partial charge in [-0.15, -0.1) is 0 Å². The Balaban J connectivity index is 1.37. The number of aromatic nitrogens is 1. The molecule has 0 radical (unpaired) electrons. The number of amides is 2. The van der Waals surface area contributed by atoms with Crippen molar-refractivity contribution < 1.29 is 18.0 Å². The van der Waals surface area contributed by atoms with Crippen molar-refractivity contribution >= 4 is 33.4 Å². The molecule has 1 unspecified atom stereocenters. The summed E-state index contributed by atoms with van der Waals surface area (Å²) in [6, 6.07) is 27.6. The molecule has 43 heavy (non-hydrogen) atoms. The Morgan fingerprint density at radius 3 is 2.21 bits per heavy atom. The number of sulfonamides is 1. The molecule has 4 aromatic rings. The molecule has 1 fully saturated rings. The van der Waals surface area contributed by atoms with Gasteiger partial charge in [0.15, 0.2) is 0 Å². The highest BCUT2D eigenvalue weighted by Crippen LogP contribution is 2.26. The van der Waals surface area contributed by atoms with Gasteiger partial charge in [-0.3, -0.25) is 14.6 Å². The second-order valence-corrected chi connectivity index (χ2v) is 12.7. The highest BCUT2D eigenvalue weighted by Gasteiger charge is 2.32. The molecule has 1 aromatic heterocycles. The molecule has 1 aliphatic rings. The van der Waals surface area contributed by atoms with Crippen molar-refractivity contribution in [2.45, 2.75) is 55.8 Å². The van der Waals surface area contributed by atoms with Crippen molar-refractivity contribution in [2.75, 3.05) is 0 Å². The van der Waals surface area contributed by atoms with E-state index in [2.05, 4.69) is 15.0 Å². The number of nitrogens with zero attached hydrogens (tertiary/aromatic N) is 2. The van der Waals surface area contributed by atoms with Gasteiger partial charge in [0.2, 0.25) is 21.8 Å². The number of benzene rings is 3. The van der Waals surface area contributed by atoms with Crippen LogP contribution in [-0.4, -0.2) is 36.2 Å². The number of nitrogens with one attached hydrogen (secondary N) is 2. The van der Waals surface area contributed by atoms with Crippen LogP contribution in [0.2, 0.25) is 5.02 Å². The molecule has 2 amide bonds. The van der Waals surface area contributed by atoms with Gasteiger partial charge in [0.1, 0.15) is 6.04 Å². The van der Waals surface area contributed by atoms with E-state index in [0.717, 1.165) is 24.0 Å². The molecular weight excluding hydrogens is 584 g/mol. The highest BCUT2D eigenvalue weighted by molar-refractivity contribution is 7.89. The first-order valence-electron chi connectivity index (χ1n) is 14.2. The lowest BCUT2D eigenvalue weighted by Crippen LogP contribution is -2.43. The van der Waals surface area contributed by atoms with E-state index in [9.17, 15) is 18.0 Å². The molecule has 3 aromatic carbocycles. The van der Waals surface area contributed by atoms with E-state index in [-0.39, 0.29) is 42.3 Å². The van der Waals surface area contributed by atoms with E-state index >= 15 is 0 Å². The average Bonchev–Trinajstić information content (AvgIpc) is 3.84. The second kappa shape index (κ2) is 13.9. The van der Waals surface area contributed by atoms with Crippen LogP contribution in [0.15, 0.2) is 108 Å². The monoisotopic (exact) mass is 616 g/mol. The van der Waals surface area contributed by atoms with Crippen LogP contribution in [-0.2, 0) is 39.1 Å². The van der Waals surface area contributed by atoms with Gasteiger partial charge < -0.3 is 10.2 Å². The molecule has 0 aliphatic heterocycles. The van der Waals surface area contributed by atoms with Crippen molar-refractivity contribution in [3.05, 3.63) is 131 Å². The Bertz CT molecular complexity index is 1630. The first kappa shape index (κ1) is 30.4. The van der Waals surface area contributed by atoms with E-state index in [4.69, 9.17) is 11.6 Å². The minimum Gasteiger partial charge on any atom is -0.348 e. The maximum Gasteiger partial charge on any atom is 0.247 e. The minimum atomic E-state index is -3.56. The normalized spacial score (nSPS) is 13.7. The SMILES string of the molecule is O=C(NCc1ccccn1)C(c1ccccc1)N(Cc1ccc(Cl)cc1)C(=O)CCc1ccc(S(=O)(=O)NC2CC2)cc1. The fraction of sp³-hybridized carbons (Fsp3) is 0.242. The van der Waals surface area contributed by atoms with E-state index in [0.29, 0.717) is 22.7 Å². The fourth-order valence-corrected chi connectivity index (χ4v) is 6.14. The van der Waals surface area contributed by atoms with Gasteiger partial charge >= 0.3 is 0 Å². The van der Waals surface area contributed by atoms with Gasteiger partial charge in [-0.2, -0.15) is 0 Å². The molecular formula is C33H33ClN4O4S. The third-order valence-corrected chi connectivity index (χ3v) is 8.98. The van der Waals surface area contributed by atoms with Gasteiger partial charge in [-0.05, 0) is 72.4 Å². The van der Waals surface area contributed by atoms with E-state index in [1.807, 2.05) is 60.7 Å². The maximum atomic E-state index is 13.9. The molecule has 1 aliphatic carbocycles. The third-order valence-electron chi connectivity index (χ3n) is 7.19. The third kappa shape index (κ3) is 8.50. The number of halogens is 1. The minimum absolute atomic E-state index is 0.0210. The van der Waals surface area contributed by atoms with Gasteiger partial charge in [0.05, 0.1) is 17.1 Å². The highest BCUT2D eigenvalue weighted by atomic mass is 35.5. The Hall–Kier alpha value is -4.05. The summed E-state index contributed by atoms with van der Waals surface area (Å²) in [4.78, 5) is 33.8. The summed E-state index contributed by atoms with van der Waals surface area (Å²) >= 11 is 6.11. The average molecular weight is 617 g/mol. The number of aryl methyl sites for hydroxylation is 1. The van der Waals surface area contributed by atoms with Crippen molar-refractivity contribution in [2.24, 2.45) is 0 Å². The van der Waals surface area contributed by atoms with Crippen molar-refractivity contribution in [3.63, 3.8) is 0 Å². The van der Waals surface area contributed by atoms with Crippen LogP contribution in [0.4, 0.5) is 0 Å². The summed E-state index contributed by atoms with van der Waals surface area (Å²) in [5, 5.41) is 3.54. The van der Waals surface area contributed by atoms with Crippen LogP contribution in [0.25, 0.3) is 0 Å². The van der Waals surface area contributed by atoms with Crippen LogP contribution >= 0.6 is 11.6 Å².